The number of hydrogen-bond donors (Lipinski definition) is 0. The highest BCUT2D eigenvalue weighted by Gasteiger charge is 2.30. The van der Waals surface area contributed by atoms with Crippen LogP contribution in [0.4, 0.5) is 0 Å². The van der Waals surface area contributed by atoms with E-state index in [-0.39, 0.29) is 5.54 Å². The van der Waals surface area contributed by atoms with Crippen molar-refractivity contribution in [2.75, 3.05) is 0 Å². The molecule has 1 aliphatic heterocycles. The van der Waals surface area contributed by atoms with Crippen molar-refractivity contribution < 1.29 is 0 Å². The molecule has 1 unspecified atom stereocenters. The summed E-state index contributed by atoms with van der Waals surface area (Å²) in [4.78, 5) is 6.43. The monoisotopic (exact) mass is 255 g/mol. The van der Waals surface area contributed by atoms with Crippen molar-refractivity contribution in [2.45, 2.75) is 31.7 Å². The molecule has 1 aromatic carbocycles. The van der Waals surface area contributed by atoms with Crippen molar-refractivity contribution in [3.8, 4) is 0 Å². The van der Waals surface area contributed by atoms with Crippen LogP contribution in [-0.4, -0.2) is 11.3 Å². The molecule has 0 aliphatic carbocycles. The maximum absolute atomic E-state index is 4.99. The van der Waals surface area contributed by atoms with Crippen molar-refractivity contribution in [3.05, 3.63) is 58.3 Å². The summed E-state index contributed by atoms with van der Waals surface area (Å²) in [6.45, 7) is 2.28. The normalized spacial score (nSPS) is 23.1. The second kappa shape index (κ2) is 4.69. The predicted molar refractivity (Wildman–Crippen MR) is 78.6 cm³/mol. The van der Waals surface area contributed by atoms with Crippen molar-refractivity contribution in [3.63, 3.8) is 0 Å². The Morgan fingerprint density at radius 2 is 2.00 bits per heavy atom. The summed E-state index contributed by atoms with van der Waals surface area (Å²) in [5, 5.41) is 2.15. The van der Waals surface area contributed by atoms with Gasteiger partial charge in [-0.15, -0.1) is 11.3 Å². The van der Waals surface area contributed by atoms with Gasteiger partial charge < -0.3 is 0 Å². The van der Waals surface area contributed by atoms with Crippen LogP contribution < -0.4 is 0 Å². The number of nitrogens with zero attached hydrogens (tertiary/aromatic N) is 1. The van der Waals surface area contributed by atoms with Crippen LogP contribution in [0.25, 0.3) is 0 Å². The van der Waals surface area contributed by atoms with Gasteiger partial charge in [0.2, 0.25) is 0 Å². The van der Waals surface area contributed by atoms with Crippen LogP contribution in [0.3, 0.4) is 0 Å². The maximum Gasteiger partial charge on any atom is 0.0635 e. The molecule has 1 aliphatic rings. The van der Waals surface area contributed by atoms with Gasteiger partial charge in [0.15, 0.2) is 0 Å². The van der Waals surface area contributed by atoms with E-state index in [1.165, 1.54) is 16.2 Å². The van der Waals surface area contributed by atoms with Gasteiger partial charge in [-0.1, -0.05) is 36.4 Å². The second-order valence-corrected chi connectivity index (χ2v) is 6.21. The minimum atomic E-state index is 0.0933. The molecule has 0 bridgehead atoms. The summed E-state index contributed by atoms with van der Waals surface area (Å²) in [6.07, 6.45) is 3.34. The average Bonchev–Trinajstić information content (AvgIpc) is 3.01. The Morgan fingerprint density at radius 3 is 2.72 bits per heavy atom. The van der Waals surface area contributed by atoms with E-state index in [4.69, 9.17) is 4.99 Å². The highest BCUT2D eigenvalue weighted by molar-refractivity contribution is 7.09. The zero-order valence-electron chi connectivity index (χ0n) is 10.6. The second-order valence-electron chi connectivity index (χ2n) is 5.18. The molecule has 0 fully saturated rings. The Kier molecular flexibility index (Phi) is 3.04. The van der Waals surface area contributed by atoms with E-state index in [0.717, 1.165) is 19.3 Å². The van der Waals surface area contributed by atoms with Crippen LogP contribution in [0.5, 0.6) is 0 Å². The topological polar surface area (TPSA) is 12.4 Å². The molecule has 18 heavy (non-hydrogen) atoms. The third-order valence-electron chi connectivity index (χ3n) is 3.55. The molecule has 2 heteroatoms. The first-order valence-electron chi connectivity index (χ1n) is 6.42. The first-order valence-corrected chi connectivity index (χ1v) is 7.30. The zero-order valence-corrected chi connectivity index (χ0v) is 11.4. The molecule has 2 aromatic rings. The van der Waals surface area contributed by atoms with E-state index in [2.05, 4.69) is 54.8 Å². The Bertz CT molecular complexity index is 542. The standard InChI is InChI=1S/C16H17NS/c1-16(12-14-8-5-11-18-14)10-9-15(17-16)13-6-3-2-4-7-13/h2-8,11H,9-10,12H2,1H3. The molecule has 0 radical (unpaired) electrons. The fourth-order valence-corrected chi connectivity index (χ4v) is 3.46. The highest BCUT2D eigenvalue weighted by Crippen LogP contribution is 2.32. The third-order valence-corrected chi connectivity index (χ3v) is 4.42. The van der Waals surface area contributed by atoms with Gasteiger partial charge in [0.1, 0.15) is 0 Å². The summed E-state index contributed by atoms with van der Waals surface area (Å²) < 4.78 is 0. The summed E-state index contributed by atoms with van der Waals surface area (Å²) in [7, 11) is 0. The molecule has 1 nitrogen and oxygen atoms in total. The zero-order chi connectivity index (χ0) is 12.4. The van der Waals surface area contributed by atoms with Gasteiger partial charge in [0.25, 0.3) is 0 Å². The van der Waals surface area contributed by atoms with E-state index in [9.17, 15) is 0 Å². The van der Waals surface area contributed by atoms with Crippen LogP contribution in [0, 0.1) is 0 Å². The van der Waals surface area contributed by atoms with E-state index in [1.807, 2.05) is 11.3 Å². The van der Waals surface area contributed by atoms with E-state index in [0.29, 0.717) is 0 Å². The molecule has 92 valence electrons. The Labute approximate surface area is 112 Å². The lowest BCUT2D eigenvalue weighted by Crippen LogP contribution is -2.20. The van der Waals surface area contributed by atoms with Crippen molar-refractivity contribution in [1.82, 2.24) is 0 Å². The van der Waals surface area contributed by atoms with Crippen LogP contribution >= 0.6 is 11.3 Å². The Morgan fingerprint density at radius 1 is 1.17 bits per heavy atom. The first-order chi connectivity index (χ1) is 8.75. The van der Waals surface area contributed by atoms with Crippen LogP contribution in [-0.2, 0) is 6.42 Å². The lowest BCUT2D eigenvalue weighted by molar-refractivity contribution is 0.472. The number of hydrogen-bond acceptors (Lipinski definition) is 2. The van der Waals surface area contributed by atoms with Crippen molar-refractivity contribution >= 4 is 17.0 Å². The number of rotatable bonds is 3. The lowest BCUT2D eigenvalue weighted by atomic mass is 9.94. The molecule has 0 saturated carbocycles. The summed E-state index contributed by atoms with van der Waals surface area (Å²) in [5.74, 6) is 0. The molecule has 0 N–H and O–H groups in total. The molecule has 1 aromatic heterocycles. The molecular weight excluding hydrogens is 238 g/mol. The Hall–Kier alpha value is -1.41. The number of aliphatic imine (C=N–C) groups is 1. The predicted octanol–water partition coefficient (Wildman–Crippen LogP) is 4.33. The van der Waals surface area contributed by atoms with Gasteiger partial charge in [-0.05, 0) is 36.8 Å². The molecular formula is C16H17NS. The SMILES string of the molecule is CC1(Cc2cccs2)CCC(c2ccccc2)=N1. The average molecular weight is 255 g/mol. The van der Waals surface area contributed by atoms with E-state index >= 15 is 0 Å². The summed E-state index contributed by atoms with van der Waals surface area (Å²) in [5.41, 5.74) is 2.65. The first kappa shape index (κ1) is 11.7. The van der Waals surface area contributed by atoms with Crippen molar-refractivity contribution in [1.29, 1.82) is 0 Å². The molecule has 1 atom stereocenters. The van der Waals surface area contributed by atoms with Gasteiger partial charge in [0, 0.05) is 17.0 Å². The fourth-order valence-electron chi connectivity index (χ4n) is 2.58. The largest absolute Gasteiger partial charge is 0.282 e. The molecule has 3 rings (SSSR count). The fraction of sp³-hybridized carbons (Fsp3) is 0.312. The minimum absolute atomic E-state index is 0.0933. The van der Waals surface area contributed by atoms with Crippen LogP contribution in [0.2, 0.25) is 0 Å². The van der Waals surface area contributed by atoms with Gasteiger partial charge >= 0.3 is 0 Å². The van der Waals surface area contributed by atoms with Crippen molar-refractivity contribution in [2.24, 2.45) is 4.99 Å². The maximum atomic E-state index is 4.99. The van der Waals surface area contributed by atoms with Crippen LogP contribution in [0.1, 0.15) is 30.2 Å². The van der Waals surface area contributed by atoms with Gasteiger partial charge in [0.05, 0.1) is 5.54 Å². The minimum Gasteiger partial charge on any atom is -0.282 e. The van der Waals surface area contributed by atoms with Gasteiger partial charge in [-0.25, -0.2) is 0 Å². The van der Waals surface area contributed by atoms with E-state index < -0.39 is 0 Å². The number of benzene rings is 1. The van der Waals surface area contributed by atoms with Gasteiger partial charge in [-0.2, -0.15) is 0 Å². The molecule has 2 heterocycles. The van der Waals surface area contributed by atoms with Crippen LogP contribution in [0.15, 0.2) is 52.8 Å². The molecule has 0 saturated heterocycles. The smallest absolute Gasteiger partial charge is 0.0635 e. The summed E-state index contributed by atoms with van der Waals surface area (Å²) in [6, 6.07) is 14.9. The quantitative estimate of drug-likeness (QED) is 0.774. The summed E-state index contributed by atoms with van der Waals surface area (Å²) >= 11 is 1.84. The van der Waals surface area contributed by atoms with E-state index in [1.54, 1.807) is 0 Å². The Balaban J connectivity index is 1.82. The van der Waals surface area contributed by atoms with Gasteiger partial charge in [-0.3, -0.25) is 4.99 Å². The number of thiophene rings is 1. The highest BCUT2D eigenvalue weighted by atomic mass is 32.1. The molecule has 0 amide bonds. The third kappa shape index (κ3) is 2.39. The lowest BCUT2D eigenvalue weighted by Gasteiger charge is -2.19. The molecule has 0 spiro atoms.